The summed E-state index contributed by atoms with van der Waals surface area (Å²) in [4.78, 5) is 0. The number of benzene rings is 2. The lowest BCUT2D eigenvalue weighted by Gasteiger charge is -2.30. The Morgan fingerprint density at radius 1 is 0.903 bits per heavy atom. The van der Waals surface area contributed by atoms with E-state index in [2.05, 4.69) is 11.7 Å². The van der Waals surface area contributed by atoms with Crippen LogP contribution in [0.2, 0.25) is 0 Å². The molecule has 0 radical (unpaired) electrons. The summed E-state index contributed by atoms with van der Waals surface area (Å²) in [6.07, 6.45) is -1.48. The van der Waals surface area contributed by atoms with Crippen LogP contribution >= 0.6 is 0 Å². The Morgan fingerprint density at radius 3 is 2.13 bits per heavy atom. The lowest BCUT2D eigenvalue weighted by atomic mass is 10.0. The minimum atomic E-state index is -4.48. The van der Waals surface area contributed by atoms with Gasteiger partial charge in [-0.05, 0) is 30.7 Å². The molecule has 0 N–H and O–H groups in total. The molecule has 9 heteroatoms. The van der Waals surface area contributed by atoms with Gasteiger partial charge in [-0.15, -0.1) is 0 Å². The van der Waals surface area contributed by atoms with E-state index < -0.39 is 47.0 Å². The number of ether oxygens (including phenoxy) is 3. The van der Waals surface area contributed by atoms with Crippen molar-refractivity contribution in [3.63, 3.8) is 0 Å². The van der Waals surface area contributed by atoms with E-state index in [9.17, 15) is 26.3 Å². The normalized spacial score (nSPS) is 19.5. The Balaban J connectivity index is 1.72. The van der Waals surface area contributed by atoms with E-state index in [4.69, 9.17) is 9.47 Å². The molecule has 2 aromatic rings. The molecule has 1 aliphatic heterocycles. The van der Waals surface area contributed by atoms with Gasteiger partial charge in [-0.1, -0.05) is 26.2 Å². The highest BCUT2D eigenvalue weighted by Gasteiger charge is 2.42. The Hall–Kier alpha value is -2.26. The molecular formula is C22H22F6O3. The molecule has 0 bridgehead atoms. The maximum atomic E-state index is 14.4. The third kappa shape index (κ3) is 5.71. The predicted octanol–water partition coefficient (Wildman–Crippen LogP) is 6.61. The standard InChI is InChI=1S/C22H22F6O3/c1-2-3-4-5-13-11-29-21(30-12-13)14-8-18(25)20(19(26)9-14)22(27,28)31-15-6-7-16(23)17(24)10-15/h6-10,13,21H,2-5,11-12H2,1H3. The van der Waals surface area contributed by atoms with E-state index in [0.29, 0.717) is 37.5 Å². The van der Waals surface area contributed by atoms with Crippen LogP contribution in [-0.4, -0.2) is 13.2 Å². The number of unbranched alkanes of at least 4 members (excludes halogenated alkanes) is 2. The van der Waals surface area contributed by atoms with Crippen molar-refractivity contribution in [1.29, 1.82) is 0 Å². The summed E-state index contributed by atoms with van der Waals surface area (Å²) >= 11 is 0. The van der Waals surface area contributed by atoms with E-state index >= 15 is 0 Å². The fourth-order valence-corrected chi connectivity index (χ4v) is 3.33. The van der Waals surface area contributed by atoms with Crippen molar-refractivity contribution in [2.75, 3.05) is 13.2 Å². The van der Waals surface area contributed by atoms with Crippen molar-refractivity contribution in [1.82, 2.24) is 0 Å². The SMILES string of the molecule is CCCCCC1COC(c2cc(F)c(C(F)(F)Oc3ccc(F)c(F)c3)c(F)c2)OC1. The first-order chi connectivity index (χ1) is 14.7. The van der Waals surface area contributed by atoms with Crippen molar-refractivity contribution in [2.24, 2.45) is 5.92 Å². The van der Waals surface area contributed by atoms with Crippen LogP contribution in [-0.2, 0) is 15.6 Å². The average molecular weight is 448 g/mol. The third-order valence-corrected chi connectivity index (χ3v) is 4.95. The van der Waals surface area contributed by atoms with Gasteiger partial charge in [0.1, 0.15) is 22.9 Å². The number of hydrogen-bond acceptors (Lipinski definition) is 3. The Labute approximate surface area is 175 Å². The van der Waals surface area contributed by atoms with Gasteiger partial charge in [0.2, 0.25) is 0 Å². The minimum absolute atomic E-state index is 0.0885. The summed E-state index contributed by atoms with van der Waals surface area (Å²) in [5, 5.41) is 0. The second kappa shape index (κ2) is 9.91. The number of rotatable bonds is 8. The smallest absolute Gasteiger partial charge is 0.429 e. The highest BCUT2D eigenvalue weighted by atomic mass is 19.3. The van der Waals surface area contributed by atoms with Gasteiger partial charge >= 0.3 is 6.11 Å². The number of alkyl halides is 2. The molecular weight excluding hydrogens is 426 g/mol. The zero-order chi connectivity index (χ0) is 22.6. The lowest BCUT2D eigenvalue weighted by molar-refractivity contribution is -0.206. The molecule has 0 spiro atoms. The molecule has 0 amide bonds. The Morgan fingerprint density at radius 2 is 1.55 bits per heavy atom. The van der Waals surface area contributed by atoms with Gasteiger partial charge < -0.3 is 14.2 Å². The van der Waals surface area contributed by atoms with Crippen molar-refractivity contribution in [2.45, 2.75) is 45.0 Å². The van der Waals surface area contributed by atoms with E-state index in [1.165, 1.54) is 0 Å². The maximum absolute atomic E-state index is 14.4. The van der Waals surface area contributed by atoms with Crippen LogP contribution in [0.4, 0.5) is 26.3 Å². The minimum Gasteiger partial charge on any atom is -0.429 e. The molecule has 1 saturated heterocycles. The Kier molecular flexibility index (Phi) is 7.48. The molecule has 3 nitrogen and oxygen atoms in total. The second-order valence-electron chi connectivity index (χ2n) is 7.41. The maximum Gasteiger partial charge on any atom is 0.432 e. The molecule has 0 unspecified atom stereocenters. The van der Waals surface area contributed by atoms with Crippen LogP contribution < -0.4 is 4.74 Å². The van der Waals surface area contributed by atoms with E-state index in [1.54, 1.807) is 0 Å². The van der Waals surface area contributed by atoms with Crippen molar-refractivity contribution in [3.8, 4) is 5.75 Å². The topological polar surface area (TPSA) is 27.7 Å². The first-order valence-corrected chi connectivity index (χ1v) is 9.95. The monoisotopic (exact) mass is 448 g/mol. The molecule has 0 atom stereocenters. The molecule has 170 valence electrons. The molecule has 1 aliphatic rings. The van der Waals surface area contributed by atoms with Crippen molar-refractivity contribution in [3.05, 3.63) is 64.7 Å². The van der Waals surface area contributed by atoms with Gasteiger partial charge in [-0.3, -0.25) is 0 Å². The van der Waals surface area contributed by atoms with Gasteiger partial charge in [0.25, 0.3) is 0 Å². The van der Waals surface area contributed by atoms with Crippen LogP contribution in [0.5, 0.6) is 5.75 Å². The first kappa shape index (κ1) is 23.4. The zero-order valence-corrected chi connectivity index (χ0v) is 16.8. The van der Waals surface area contributed by atoms with E-state index in [0.717, 1.165) is 31.7 Å². The quantitative estimate of drug-likeness (QED) is 0.336. The van der Waals surface area contributed by atoms with E-state index in [1.807, 2.05) is 0 Å². The summed E-state index contributed by atoms with van der Waals surface area (Å²) in [7, 11) is 0. The fourth-order valence-electron chi connectivity index (χ4n) is 3.33. The number of halogens is 6. The van der Waals surface area contributed by atoms with Crippen LogP contribution in [0.15, 0.2) is 30.3 Å². The number of hydrogen-bond donors (Lipinski definition) is 0. The predicted molar refractivity (Wildman–Crippen MR) is 99.5 cm³/mol. The first-order valence-electron chi connectivity index (χ1n) is 9.95. The molecule has 0 aliphatic carbocycles. The van der Waals surface area contributed by atoms with Gasteiger partial charge in [0, 0.05) is 17.5 Å². The molecule has 1 heterocycles. The van der Waals surface area contributed by atoms with Gasteiger partial charge in [0.15, 0.2) is 17.9 Å². The molecule has 31 heavy (non-hydrogen) atoms. The highest BCUT2D eigenvalue weighted by Crippen LogP contribution is 2.37. The lowest BCUT2D eigenvalue weighted by Crippen LogP contribution is -2.28. The summed E-state index contributed by atoms with van der Waals surface area (Å²) in [5.41, 5.74) is -1.75. The van der Waals surface area contributed by atoms with Gasteiger partial charge in [0.05, 0.1) is 13.2 Å². The summed E-state index contributed by atoms with van der Waals surface area (Å²) in [6, 6.07) is 3.00. The van der Waals surface area contributed by atoms with Gasteiger partial charge in [-0.2, -0.15) is 8.78 Å². The van der Waals surface area contributed by atoms with Crippen molar-refractivity contribution < 1.29 is 40.6 Å². The molecule has 3 rings (SSSR count). The van der Waals surface area contributed by atoms with Crippen LogP contribution in [0, 0.1) is 29.2 Å². The Bertz CT molecular complexity index is 874. The molecule has 1 fully saturated rings. The average Bonchev–Trinajstić information content (AvgIpc) is 2.70. The molecule has 0 saturated carbocycles. The summed E-state index contributed by atoms with van der Waals surface area (Å²) in [5.74, 6) is -6.52. The second-order valence-corrected chi connectivity index (χ2v) is 7.41. The highest BCUT2D eigenvalue weighted by molar-refractivity contribution is 5.31. The van der Waals surface area contributed by atoms with Crippen molar-refractivity contribution >= 4 is 0 Å². The van der Waals surface area contributed by atoms with Crippen LogP contribution in [0.1, 0.15) is 50.0 Å². The summed E-state index contributed by atoms with van der Waals surface area (Å²) < 4.78 is 99.1. The molecule has 0 aromatic heterocycles. The summed E-state index contributed by atoms with van der Waals surface area (Å²) in [6.45, 7) is 2.74. The van der Waals surface area contributed by atoms with Crippen LogP contribution in [0.25, 0.3) is 0 Å². The largest absolute Gasteiger partial charge is 0.432 e. The molecule has 2 aromatic carbocycles. The zero-order valence-electron chi connectivity index (χ0n) is 16.8. The fraction of sp³-hybridized carbons (Fsp3) is 0.455. The third-order valence-electron chi connectivity index (χ3n) is 4.95. The van der Waals surface area contributed by atoms with Gasteiger partial charge in [-0.25, -0.2) is 17.6 Å². The van der Waals surface area contributed by atoms with Crippen LogP contribution in [0.3, 0.4) is 0 Å². The van der Waals surface area contributed by atoms with E-state index in [-0.39, 0.29) is 11.5 Å².